The summed E-state index contributed by atoms with van der Waals surface area (Å²) in [4.78, 5) is 8.41. The number of aromatic nitrogens is 4. The van der Waals surface area contributed by atoms with Crippen molar-refractivity contribution in [3.8, 4) is 22.9 Å². The molecule has 0 aliphatic rings. The molecule has 2 N–H and O–H groups in total. The molecule has 3 rings (SSSR count). The first kappa shape index (κ1) is 19.6. The molecular weight excluding hydrogens is 375 g/mol. The van der Waals surface area contributed by atoms with E-state index in [-0.39, 0.29) is 11.5 Å². The lowest BCUT2D eigenvalue weighted by molar-refractivity contribution is -0.153. The van der Waals surface area contributed by atoms with Gasteiger partial charge in [0.1, 0.15) is 5.82 Å². The Morgan fingerprint density at radius 1 is 1.14 bits per heavy atom. The number of nitrogens with one attached hydrogen (secondary N) is 2. The number of pyridine rings is 1. The van der Waals surface area contributed by atoms with Crippen LogP contribution in [-0.4, -0.2) is 40.1 Å². The van der Waals surface area contributed by atoms with Crippen LogP contribution in [0.2, 0.25) is 0 Å². The quantitative estimate of drug-likeness (QED) is 0.612. The van der Waals surface area contributed by atoms with Crippen molar-refractivity contribution in [3.05, 3.63) is 54.1 Å². The lowest BCUT2D eigenvalue weighted by atomic mass is 10.2. The lowest BCUT2D eigenvalue weighted by Crippen LogP contribution is -2.19. The molecule has 0 spiro atoms. The maximum atomic E-state index is 12.3. The van der Waals surface area contributed by atoms with Gasteiger partial charge in [-0.3, -0.25) is 10.1 Å². The normalized spacial score (nSPS) is 11.4. The molecule has 0 saturated carbocycles. The molecule has 0 amide bonds. The Kier molecular flexibility index (Phi) is 6.09. The first-order valence-corrected chi connectivity index (χ1v) is 8.33. The highest BCUT2D eigenvalue weighted by Gasteiger charge is 2.29. The van der Waals surface area contributed by atoms with E-state index in [1.165, 1.54) is 13.2 Å². The number of ether oxygens (including phenoxy) is 2. The number of hydrogen-bond donors (Lipinski definition) is 2. The van der Waals surface area contributed by atoms with Gasteiger partial charge >= 0.3 is 6.18 Å². The Morgan fingerprint density at radius 3 is 2.71 bits per heavy atom. The molecule has 0 radical (unpaired) electrons. The fraction of sp³-hybridized carbons (Fsp3) is 0.278. The van der Waals surface area contributed by atoms with Gasteiger partial charge in [0.15, 0.2) is 23.9 Å². The van der Waals surface area contributed by atoms with Crippen molar-refractivity contribution in [3.63, 3.8) is 0 Å². The van der Waals surface area contributed by atoms with Gasteiger partial charge in [-0.15, -0.1) is 0 Å². The molecule has 2 aromatic heterocycles. The summed E-state index contributed by atoms with van der Waals surface area (Å²) in [6, 6.07) is 8.42. The standard InChI is InChI=1S/C18H18F3N5O2/c1-27-15-7-12(4-5-14(15)28-11-18(19,20)21)8-23-10-16-24-17(26-25-16)13-3-2-6-22-9-13/h2-7,9,23H,8,10-11H2,1H3,(H,24,25,26). The van der Waals surface area contributed by atoms with Gasteiger partial charge in [0.2, 0.25) is 0 Å². The predicted octanol–water partition coefficient (Wildman–Crippen LogP) is 3.11. The summed E-state index contributed by atoms with van der Waals surface area (Å²) in [5, 5.41) is 10.2. The highest BCUT2D eigenvalue weighted by Crippen LogP contribution is 2.29. The number of H-pyrrole nitrogens is 1. The van der Waals surface area contributed by atoms with Gasteiger partial charge in [0, 0.05) is 24.5 Å². The average Bonchev–Trinajstić information content (AvgIpc) is 3.16. The molecule has 0 aliphatic carbocycles. The zero-order chi connectivity index (χ0) is 20.0. The highest BCUT2D eigenvalue weighted by molar-refractivity contribution is 5.52. The number of benzene rings is 1. The molecule has 148 valence electrons. The van der Waals surface area contributed by atoms with Crippen molar-refractivity contribution in [1.29, 1.82) is 0 Å². The van der Waals surface area contributed by atoms with E-state index in [4.69, 9.17) is 9.47 Å². The Morgan fingerprint density at radius 2 is 2.00 bits per heavy atom. The zero-order valence-electron chi connectivity index (χ0n) is 15.0. The maximum absolute atomic E-state index is 12.3. The van der Waals surface area contributed by atoms with Crippen molar-refractivity contribution in [2.75, 3.05) is 13.7 Å². The number of hydrogen-bond acceptors (Lipinski definition) is 6. The van der Waals surface area contributed by atoms with Crippen LogP contribution < -0.4 is 14.8 Å². The van der Waals surface area contributed by atoms with Gasteiger partial charge in [0.25, 0.3) is 0 Å². The van der Waals surface area contributed by atoms with Crippen molar-refractivity contribution >= 4 is 0 Å². The Balaban J connectivity index is 1.55. The van der Waals surface area contributed by atoms with Crippen LogP contribution in [0.4, 0.5) is 13.2 Å². The van der Waals surface area contributed by atoms with E-state index >= 15 is 0 Å². The van der Waals surface area contributed by atoms with Crippen molar-refractivity contribution in [1.82, 2.24) is 25.5 Å². The summed E-state index contributed by atoms with van der Waals surface area (Å²) in [5.74, 6) is 1.48. The summed E-state index contributed by atoms with van der Waals surface area (Å²) in [6.45, 7) is -0.480. The third kappa shape index (κ3) is 5.43. The molecule has 0 unspecified atom stereocenters. The number of rotatable bonds is 8. The van der Waals surface area contributed by atoms with E-state index < -0.39 is 12.8 Å². The van der Waals surface area contributed by atoms with Crippen molar-refractivity contribution in [2.24, 2.45) is 0 Å². The fourth-order valence-electron chi connectivity index (χ4n) is 2.42. The van der Waals surface area contributed by atoms with Gasteiger partial charge in [-0.25, -0.2) is 4.98 Å². The zero-order valence-corrected chi connectivity index (χ0v) is 15.0. The van der Waals surface area contributed by atoms with Crippen LogP contribution in [0.3, 0.4) is 0 Å². The summed E-state index contributed by atoms with van der Waals surface area (Å²) >= 11 is 0. The summed E-state index contributed by atoms with van der Waals surface area (Å²) in [6.07, 6.45) is -1.06. The first-order valence-electron chi connectivity index (χ1n) is 8.33. The van der Waals surface area contributed by atoms with Gasteiger partial charge in [-0.2, -0.15) is 18.3 Å². The average molecular weight is 393 g/mol. The molecular formula is C18H18F3N5O2. The van der Waals surface area contributed by atoms with Crippen LogP contribution in [-0.2, 0) is 13.1 Å². The van der Waals surface area contributed by atoms with Crippen molar-refractivity contribution in [2.45, 2.75) is 19.3 Å². The Labute approximate surface area is 158 Å². The fourth-order valence-corrected chi connectivity index (χ4v) is 2.42. The Bertz CT molecular complexity index is 900. The summed E-state index contributed by atoms with van der Waals surface area (Å²) < 4.78 is 46.8. The first-order chi connectivity index (χ1) is 13.4. The maximum Gasteiger partial charge on any atom is 0.422 e. The molecule has 0 aliphatic heterocycles. The minimum atomic E-state index is -4.41. The van der Waals surface area contributed by atoms with E-state index in [0.717, 1.165) is 11.1 Å². The molecule has 0 bridgehead atoms. The third-order valence-electron chi connectivity index (χ3n) is 3.69. The van der Waals surface area contributed by atoms with Gasteiger partial charge in [-0.1, -0.05) is 6.07 Å². The number of alkyl halides is 3. The smallest absolute Gasteiger partial charge is 0.422 e. The van der Waals surface area contributed by atoms with Crippen LogP contribution in [0, 0.1) is 0 Å². The van der Waals surface area contributed by atoms with Crippen LogP contribution in [0.1, 0.15) is 11.4 Å². The molecule has 0 atom stereocenters. The highest BCUT2D eigenvalue weighted by atomic mass is 19.4. The molecule has 7 nitrogen and oxygen atoms in total. The monoisotopic (exact) mass is 393 g/mol. The Hall–Kier alpha value is -3.14. The summed E-state index contributed by atoms with van der Waals surface area (Å²) in [5.41, 5.74) is 1.63. The molecule has 0 fully saturated rings. The second-order valence-corrected chi connectivity index (χ2v) is 5.84. The van der Waals surface area contributed by atoms with E-state index in [2.05, 4.69) is 25.5 Å². The summed E-state index contributed by atoms with van der Waals surface area (Å²) in [7, 11) is 1.38. The van der Waals surface area contributed by atoms with Crippen LogP contribution >= 0.6 is 0 Å². The van der Waals surface area contributed by atoms with Crippen LogP contribution in [0.5, 0.6) is 11.5 Å². The van der Waals surface area contributed by atoms with Crippen LogP contribution in [0.15, 0.2) is 42.7 Å². The number of nitrogens with zero attached hydrogens (tertiary/aromatic N) is 3. The van der Waals surface area contributed by atoms with E-state index in [9.17, 15) is 13.2 Å². The molecule has 0 saturated heterocycles. The van der Waals surface area contributed by atoms with Crippen molar-refractivity contribution < 1.29 is 22.6 Å². The molecule has 28 heavy (non-hydrogen) atoms. The van der Waals surface area contributed by atoms with Crippen LogP contribution in [0.25, 0.3) is 11.4 Å². The van der Waals surface area contributed by atoms with E-state index in [1.54, 1.807) is 30.6 Å². The predicted molar refractivity (Wildman–Crippen MR) is 94.7 cm³/mol. The minimum Gasteiger partial charge on any atom is -0.493 e. The number of methoxy groups -OCH3 is 1. The molecule has 10 heteroatoms. The van der Waals surface area contributed by atoms with Gasteiger partial charge < -0.3 is 14.8 Å². The SMILES string of the molecule is COc1cc(CNCc2nc(-c3cccnc3)n[nH]2)ccc1OCC(F)(F)F. The minimum absolute atomic E-state index is 0.0416. The van der Waals surface area contributed by atoms with E-state index in [1.807, 2.05) is 6.07 Å². The second-order valence-electron chi connectivity index (χ2n) is 5.84. The largest absolute Gasteiger partial charge is 0.493 e. The molecule has 1 aromatic carbocycles. The molecule has 3 aromatic rings. The second kappa shape index (κ2) is 8.70. The van der Waals surface area contributed by atoms with E-state index in [0.29, 0.717) is 24.7 Å². The molecule has 2 heterocycles. The van der Waals surface area contributed by atoms with Gasteiger partial charge in [0.05, 0.1) is 13.7 Å². The topological polar surface area (TPSA) is 85.0 Å². The lowest BCUT2D eigenvalue weighted by Gasteiger charge is -2.13. The number of aromatic amines is 1. The number of halogens is 3. The third-order valence-corrected chi connectivity index (χ3v) is 3.69. The van der Waals surface area contributed by atoms with Gasteiger partial charge in [-0.05, 0) is 29.8 Å².